The van der Waals surface area contributed by atoms with Gasteiger partial charge in [-0.3, -0.25) is 0 Å². The number of aryl methyl sites for hydroxylation is 1. The second kappa shape index (κ2) is 6.54. The van der Waals surface area contributed by atoms with E-state index in [1.807, 2.05) is 6.92 Å². The van der Waals surface area contributed by atoms with Crippen LogP contribution in [0.15, 0.2) is 24.3 Å². The van der Waals surface area contributed by atoms with E-state index in [0.29, 0.717) is 0 Å². The van der Waals surface area contributed by atoms with E-state index in [1.54, 1.807) is 0 Å². The Labute approximate surface area is 98.9 Å². The Bertz CT molecular complexity index is 294. The lowest BCUT2D eigenvalue weighted by atomic mass is 10.1. The monoisotopic (exact) mass is 221 g/mol. The van der Waals surface area contributed by atoms with E-state index in [2.05, 4.69) is 43.1 Å². The quantitative estimate of drug-likeness (QED) is 0.798. The molecule has 0 amide bonds. The maximum Gasteiger partial charge on any atom is 0.0538 e. The number of aliphatic hydroxyl groups is 1. The Hall–Kier alpha value is -1.02. The number of hydrogen-bond acceptors (Lipinski definition) is 2. The van der Waals surface area contributed by atoms with Crippen LogP contribution in [-0.4, -0.2) is 24.8 Å². The van der Waals surface area contributed by atoms with Crippen LogP contribution in [0.4, 0.5) is 5.69 Å². The first-order chi connectivity index (χ1) is 7.63. The summed E-state index contributed by atoms with van der Waals surface area (Å²) >= 11 is 0. The lowest BCUT2D eigenvalue weighted by Gasteiger charge is -2.20. The van der Waals surface area contributed by atoms with Crippen molar-refractivity contribution in [3.05, 3.63) is 29.8 Å². The molecule has 0 aromatic heterocycles. The summed E-state index contributed by atoms with van der Waals surface area (Å²) in [5.41, 5.74) is 2.54. The Morgan fingerprint density at radius 3 is 2.44 bits per heavy atom. The maximum atomic E-state index is 9.46. The highest BCUT2D eigenvalue weighted by atomic mass is 16.3. The van der Waals surface area contributed by atoms with Gasteiger partial charge in [0.25, 0.3) is 0 Å². The second-order valence-electron chi connectivity index (χ2n) is 4.46. The summed E-state index contributed by atoms with van der Waals surface area (Å²) in [6.07, 6.45) is 2.66. The van der Waals surface area contributed by atoms with E-state index in [1.165, 1.54) is 11.3 Å². The summed E-state index contributed by atoms with van der Waals surface area (Å²) in [5, 5.41) is 9.46. The van der Waals surface area contributed by atoms with Gasteiger partial charge in [0, 0.05) is 19.3 Å². The minimum Gasteiger partial charge on any atom is -0.393 e. The van der Waals surface area contributed by atoms with Gasteiger partial charge in [0.15, 0.2) is 0 Å². The van der Waals surface area contributed by atoms with Crippen molar-refractivity contribution in [1.29, 1.82) is 0 Å². The van der Waals surface area contributed by atoms with Gasteiger partial charge in [0.1, 0.15) is 0 Å². The molecule has 0 aliphatic rings. The van der Waals surface area contributed by atoms with Gasteiger partial charge in [-0.2, -0.15) is 0 Å². The minimum atomic E-state index is -0.133. The van der Waals surface area contributed by atoms with Crippen molar-refractivity contribution >= 4 is 5.69 Å². The van der Waals surface area contributed by atoms with Gasteiger partial charge in [0.2, 0.25) is 0 Å². The maximum absolute atomic E-state index is 9.46. The van der Waals surface area contributed by atoms with E-state index < -0.39 is 0 Å². The van der Waals surface area contributed by atoms with Crippen molar-refractivity contribution in [2.24, 2.45) is 0 Å². The third-order valence-corrected chi connectivity index (χ3v) is 2.98. The average molecular weight is 221 g/mol. The molecule has 90 valence electrons. The van der Waals surface area contributed by atoms with Gasteiger partial charge in [0.05, 0.1) is 6.10 Å². The first-order valence-corrected chi connectivity index (χ1v) is 6.09. The van der Waals surface area contributed by atoms with Crippen molar-refractivity contribution in [2.45, 2.75) is 39.2 Å². The van der Waals surface area contributed by atoms with Crippen LogP contribution in [0.2, 0.25) is 0 Å². The number of aliphatic hydroxyl groups excluding tert-OH is 1. The van der Waals surface area contributed by atoms with Crippen LogP contribution in [0, 0.1) is 6.92 Å². The Kier molecular flexibility index (Phi) is 5.33. The summed E-state index contributed by atoms with van der Waals surface area (Å²) < 4.78 is 0. The summed E-state index contributed by atoms with van der Waals surface area (Å²) in [6.45, 7) is 5.12. The summed E-state index contributed by atoms with van der Waals surface area (Å²) in [5.74, 6) is 0. The fourth-order valence-electron chi connectivity index (χ4n) is 1.70. The van der Waals surface area contributed by atoms with E-state index in [4.69, 9.17) is 0 Å². The predicted octanol–water partition coefficient (Wildman–Crippen LogP) is 2.98. The Morgan fingerprint density at radius 2 is 1.88 bits per heavy atom. The van der Waals surface area contributed by atoms with E-state index in [-0.39, 0.29) is 6.10 Å². The molecule has 2 nitrogen and oxygen atoms in total. The van der Waals surface area contributed by atoms with Gasteiger partial charge in [-0.25, -0.2) is 0 Å². The van der Waals surface area contributed by atoms with E-state index in [0.717, 1.165) is 25.8 Å². The van der Waals surface area contributed by atoms with Crippen LogP contribution in [0.1, 0.15) is 31.7 Å². The smallest absolute Gasteiger partial charge is 0.0538 e. The summed E-state index contributed by atoms with van der Waals surface area (Å²) in [7, 11) is 2.10. The molecule has 0 radical (unpaired) electrons. The van der Waals surface area contributed by atoms with Crippen LogP contribution < -0.4 is 4.90 Å². The third kappa shape index (κ3) is 4.23. The van der Waals surface area contributed by atoms with Crippen LogP contribution in [-0.2, 0) is 0 Å². The van der Waals surface area contributed by atoms with Crippen LogP contribution >= 0.6 is 0 Å². The lowest BCUT2D eigenvalue weighted by Crippen LogP contribution is -2.19. The first kappa shape index (κ1) is 13.0. The zero-order valence-electron chi connectivity index (χ0n) is 10.6. The molecule has 0 aliphatic carbocycles. The van der Waals surface area contributed by atoms with Gasteiger partial charge in [-0.05, 0) is 38.3 Å². The molecule has 1 N–H and O–H groups in total. The molecule has 1 unspecified atom stereocenters. The van der Waals surface area contributed by atoms with Crippen LogP contribution in [0.5, 0.6) is 0 Å². The van der Waals surface area contributed by atoms with Crippen molar-refractivity contribution in [1.82, 2.24) is 0 Å². The molecule has 0 spiro atoms. The second-order valence-corrected chi connectivity index (χ2v) is 4.46. The zero-order valence-corrected chi connectivity index (χ0v) is 10.6. The molecular weight excluding hydrogens is 198 g/mol. The number of nitrogens with zero attached hydrogens (tertiary/aromatic N) is 1. The molecular formula is C14H23NO. The van der Waals surface area contributed by atoms with Gasteiger partial charge < -0.3 is 10.0 Å². The Morgan fingerprint density at radius 1 is 1.25 bits per heavy atom. The SMILES string of the molecule is CCC(O)CCCN(C)c1ccc(C)cc1. The first-order valence-electron chi connectivity index (χ1n) is 6.09. The van der Waals surface area contributed by atoms with Crippen LogP contribution in [0.25, 0.3) is 0 Å². The Balaban J connectivity index is 2.35. The molecule has 0 fully saturated rings. The summed E-state index contributed by atoms with van der Waals surface area (Å²) in [6, 6.07) is 8.55. The molecule has 16 heavy (non-hydrogen) atoms. The van der Waals surface area contributed by atoms with Crippen molar-refractivity contribution in [3.8, 4) is 0 Å². The highest BCUT2D eigenvalue weighted by molar-refractivity contribution is 5.46. The van der Waals surface area contributed by atoms with Crippen LogP contribution in [0.3, 0.4) is 0 Å². The van der Waals surface area contributed by atoms with Crippen molar-refractivity contribution in [2.75, 3.05) is 18.5 Å². The normalized spacial score (nSPS) is 12.5. The van der Waals surface area contributed by atoms with Gasteiger partial charge in [-0.15, -0.1) is 0 Å². The molecule has 2 heteroatoms. The number of rotatable bonds is 6. The number of hydrogen-bond donors (Lipinski definition) is 1. The van der Waals surface area contributed by atoms with E-state index in [9.17, 15) is 5.11 Å². The fraction of sp³-hybridized carbons (Fsp3) is 0.571. The molecule has 1 rings (SSSR count). The lowest BCUT2D eigenvalue weighted by molar-refractivity contribution is 0.158. The standard InChI is InChI=1S/C14H23NO/c1-4-14(16)6-5-11-15(3)13-9-7-12(2)8-10-13/h7-10,14,16H,4-6,11H2,1-3H3. The average Bonchev–Trinajstić information content (AvgIpc) is 2.29. The van der Waals surface area contributed by atoms with Gasteiger partial charge in [-0.1, -0.05) is 24.6 Å². The molecule has 0 heterocycles. The molecule has 0 aliphatic heterocycles. The van der Waals surface area contributed by atoms with Gasteiger partial charge >= 0.3 is 0 Å². The zero-order chi connectivity index (χ0) is 12.0. The largest absolute Gasteiger partial charge is 0.393 e. The molecule has 1 aromatic carbocycles. The fourth-order valence-corrected chi connectivity index (χ4v) is 1.70. The molecule has 0 bridgehead atoms. The summed E-state index contributed by atoms with van der Waals surface area (Å²) in [4.78, 5) is 2.24. The molecule has 1 atom stereocenters. The molecule has 0 saturated heterocycles. The number of benzene rings is 1. The minimum absolute atomic E-state index is 0.133. The highest BCUT2D eigenvalue weighted by Crippen LogP contribution is 2.14. The van der Waals surface area contributed by atoms with E-state index >= 15 is 0 Å². The van der Waals surface area contributed by atoms with Crippen molar-refractivity contribution < 1.29 is 5.11 Å². The number of anilines is 1. The molecule has 0 saturated carbocycles. The topological polar surface area (TPSA) is 23.5 Å². The predicted molar refractivity (Wildman–Crippen MR) is 70.0 cm³/mol. The highest BCUT2D eigenvalue weighted by Gasteiger charge is 2.03. The third-order valence-electron chi connectivity index (χ3n) is 2.98. The molecule has 1 aromatic rings. The van der Waals surface area contributed by atoms with Crippen molar-refractivity contribution in [3.63, 3.8) is 0 Å².